The van der Waals surface area contributed by atoms with Crippen LogP contribution in [0.25, 0.3) is 0 Å². The van der Waals surface area contributed by atoms with Gasteiger partial charge in [0.15, 0.2) is 0 Å². The topological polar surface area (TPSA) is 66.5 Å². The van der Waals surface area contributed by atoms with Crippen molar-refractivity contribution < 1.29 is 13.2 Å². The zero-order valence-corrected chi connectivity index (χ0v) is 16.6. The molecule has 0 radical (unpaired) electrons. The summed E-state index contributed by atoms with van der Waals surface area (Å²) in [6, 6.07) is 12.9. The molecule has 2 rings (SSSR count). The number of carbonyl (C=O) groups is 1. The maximum Gasteiger partial charge on any atom is 0.264 e. The van der Waals surface area contributed by atoms with E-state index in [-0.39, 0.29) is 23.4 Å². The van der Waals surface area contributed by atoms with Crippen LogP contribution in [-0.2, 0) is 14.8 Å². The maximum atomic E-state index is 13.1. The van der Waals surface area contributed by atoms with Crippen LogP contribution in [0.1, 0.15) is 25.8 Å². The number of anilines is 1. The molecule has 2 aromatic carbocycles. The maximum absolute atomic E-state index is 13.1. The summed E-state index contributed by atoms with van der Waals surface area (Å²) in [6.45, 7) is 5.45. The Morgan fingerprint density at radius 2 is 1.69 bits per heavy atom. The summed E-state index contributed by atoms with van der Waals surface area (Å²) >= 11 is 5.86. The molecule has 0 aliphatic rings. The molecule has 0 aliphatic carbocycles. The number of hydrogen-bond acceptors (Lipinski definition) is 3. The molecule has 1 unspecified atom stereocenters. The number of aryl methyl sites for hydroxylation is 1. The van der Waals surface area contributed by atoms with Crippen molar-refractivity contribution in [1.29, 1.82) is 0 Å². The quantitative estimate of drug-likeness (QED) is 0.777. The second-order valence-corrected chi connectivity index (χ2v) is 8.48. The zero-order valence-electron chi connectivity index (χ0n) is 15.1. The Hall–Kier alpha value is -2.05. The summed E-state index contributed by atoms with van der Waals surface area (Å²) in [4.78, 5) is 12.4. The van der Waals surface area contributed by atoms with E-state index in [9.17, 15) is 13.2 Å². The zero-order chi connectivity index (χ0) is 19.3. The standard InChI is InChI=1S/C19H23ClN2O3S/c1-4-15(3)21-19(23)13-22(17-9-5-14(2)6-10-17)26(24,25)18-11-7-16(20)8-12-18/h5-12,15H,4,13H2,1-3H3,(H,21,23). The molecule has 0 saturated carbocycles. The van der Waals surface area contributed by atoms with Crippen LogP contribution in [0.15, 0.2) is 53.4 Å². The predicted octanol–water partition coefficient (Wildman–Crippen LogP) is 3.76. The Morgan fingerprint density at radius 1 is 1.12 bits per heavy atom. The molecular weight excluding hydrogens is 372 g/mol. The second-order valence-electron chi connectivity index (χ2n) is 6.18. The molecule has 0 saturated heterocycles. The molecule has 7 heteroatoms. The van der Waals surface area contributed by atoms with Crippen LogP contribution in [0.4, 0.5) is 5.69 Å². The summed E-state index contributed by atoms with van der Waals surface area (Å²) in [7, 11) is -3.91. The first-order valence-corrected chi connectivity index (χ1v) is 10.2. The molecule has 0 heterocycles. The minimum Gasteiger partial charge on any atom is -0.352 e. The van der Waals surface area contributed by atoms with Gasteiger partial charge in [0.2, 0.25) is 5.91 Å². The smallest absolute Gasteiger partial charge is 0.264 e. The van der Waals surface area contributed by atoms with Crippen LogP contribution in [-0.4, -0.2) is 26.9 Å². The fourth-order valence-corrected chi connectivity index (χ4v) is 3.86. The van der Waals surface area contributed by atoms with Crippen molar-refractivity contribution in [2.45, 2.75) is 38.1 Å². The van der Waals surface area contributed by atoms with E-state index in [1.807, 2.05) is 32.9 Å². The lowest BCUT2D eigenvalue weighted by atomic mass is 10.2. The van der Waals surface area contributed by atoms with Crippen molar-refractivity contribution in [2.24, 2.45) is 0 Å². The summed E-state index contributed by atoms with van der Waals surface area (Å²) in [5, 5.41) is 3.25. The van der Waals surface area contributed by atoms with Gasteiger partial charge in [0.1, 0.15) is 6.54 Å². The Kier molecular flexibility index (Phi) is 6.67. The van der Waals surface area contributed by atoms with Gasteiger partial charge in [-0.1, -0.05) is 36.2 Å². The highest BCUT2D eigenvalue weighted by atomic mass is 35.5. The number of benzene rings is 2. The van der Waals surface area contributed by atoms with Gasteiger partial charge in [0.05, 0.1) is 10.6 Å². The van der Waals surface area contributed by atoms with Crippen molar-refractivity contribution in [3.63, 3.8) is 0 Å². The van der Waals surface area contributed by atoms with E-state index < -0.39 is 10.0 Å². The van der Waals surface area contributed by atoms with E-state index in [1.165, 1.54) is 24.3 Å². The van der Waals surface area contributed by atoms with Gasteiger partial charge in [0, 0.05) is 11.1 Å². The van der Waals surface area contributed by atoms with Crippen LogP contribution in [0.5, 0.6) is 0 Å². The van der Waals surface area contributed by atoms with Gasteiger partial charge in [-0.25, -0.2) is 8.42 Å². The number of nitrogens with one attached hydrogen (secondary N) is 1. The van der Waals surface area contributed by atoms with Crippen molar-refractivity contribution in [3.8, 4) is 0 Å². The number of halogens is 1. The fraction of sp³-hybridized carbons (Fsp3) is 0.316. The number of sulfonamides is 1. The highest BCUT2D eigenvalue weighted by Crippen LogP contribution is 2.25. The highest BCUT2D eigenvalue weighted by Gasteiger charge is 2.27. The highest BCUT2D eigenvalue weighted by molar-refractivity contribution is 7.92. The summed E-state index contributed by atoms with van der Waals surface area (Å²) in [6.07, 6.45) is 0.764. The van der Waals surface area contributed by atoms with Crippen LogP contribution in [0.2, 0.25) is 5.02 Å². The molecule has 140 valence electrons. The Bertz CT molecular complexity index is 849. The molecule has 0 aromatic heterocycles. The van der Waals surface area contributed by atoms with Gasteiger partial charge in [-0.2, -0.15) is 0 Å². The van der Waals surface area contributed by atoms with Crippen molar-refractivity contribution >= 4 is 33.2 Å². The van der Waals surface area contributed by atoms with Crippen molar-refractivity contribution in [2.75, 3.05) is 10.8 Å². The fourth-order valence-electron chi connectivity index (χ4n) is 2.31. The van der Waals surface area contributed by atoms with Gasteiger partial charge in [0.25, 0.3) is 10.0 Å². The molecule has 1 amide bonds. The molecular formula is C19H23ClN2O3S. The number of amides is 1. The molecule has 5 nitrogen and oxygen atoms in total. The van der Waals surface area contributed by atoms with Crippen molar-refractivity contribution in [3.05, 3.63) is 59.1 Å². The van der Waals surface area contributed by atoms with Gasteiger partial charge < -0.3 is 5.32 Å². The Morgan fingerprint density at radius 3 is 2.23 bits per heavy atom. The normalized spacial score (nSPS) is 12.5. The van der Waals surface area contributed by atoms with E-state index >= 15 is 0 Å². The first-order valence-electron chi connectivity index (χ1n) is 8.38. The van der Waals surface area contributed by atoms with Gasteiger partial charge in [-0.15, -0.1) is 0 Å². The van der Waals surface area contributed by atoms with Crippen molar-refractivity contribution in [1.82, 2.24) is 5.32 Å². The predicted molar refractivity (Wildman–Crippen MR) is 105 cm³/mol. The SMILES string of the molecule is CCC(C)NC(=O)CN(c1ccc(C)cc1)S(=O)(=O)c1ccc(Cl)cc1. The number of carbonyl (C=O) groups excluding carboxylic acids is 1. The lowest BCUT2D eigenvalue weighted by Crippen LogP contribution is -2.43. The Balaban J connectivity index is 2.40. The molecule has 1 atom stereocenters. The van der Waals surface area contributed by atoms with Gasteiger partial charge >= 0.3 is 0 Å². The first-order chi connectivity index (χ1) is 12.2. The summed E-state index contributed by atoms with van der Waals surface area (Å²) in [5.74, 6) is -0.350. The third-order valence-corrected chi connectivity index (χ3v) is 6.07. The molecule has 2 aromatic rings. The average molecular weight is 395 g/mol. The number of nitrogens with zero attached hydrogens (tertiary/aromatic N) is 1. The first kappa shape index (κ1) is 20.3. The van der Waals surface area contributed by atoms with Gasteiger partial charge in [-0.3, -0.25) is 9.10 Å². The van der Waals surface area contributed by atoms with E-state index in [0.29, 0.717) is 10.7 Å². The van der Waals surface area contributed by atoms with E-state index in [0.717, 1.165) is 16.3 Å². The van der Waals surface area contributed by atoms with Crippen LogP contribution in [0.3, 0.4) is 0 Å². The minimum atomic E-state index is -3.91. The second kappa shape index (κ2) is 8.56. The number of rotatable bonds is 7. The number of hydrogen-bond donors (Lipinski definition) is 1. The average Bonchev–Trinajstić information content (AvgIpc) is 2.60. The van der Waals surface area contributed by atoms with Crippen LogP contribution in [0, 0.1) is 6.92 Å². The molecule has 0 bridgehead atoms. The third-order valence-electron chi connectivity index (χ3n) is 4.03. The monoisotopic (exact) mass is 394 g/mol. The molecule has 0 aliphatic heterocycles. The lowest BCUT2D eigenvalue weighted by Gasteiger charge is -2.25. The van der Waals surface area contributed by atoms with Gasteiger partial charge in [-0.05, 0) is 56.7 Å². The summed E-state index contributed by atoms with van der Waals surface area (Å²) < 4.78 is 27.4. The van der Waals surface area contributed by atoms with Crippen LogP contribution >= 0.6 is 11.6 Å². The third kappa shape index (κ3) is 4.99. The molecule has 26 heavy (non-hydrogen) atoms. The van der Waals surface area contributed by atoms with E-state index in [4.69, 9.17) is 11.6 Å². The largest absolute Gasteiger partial charge is 0.352 e. The van der Waals surface area contributed by atoms with E-state index in [2.05, 4.69) is 5.32 Å². The summed E-state index contributed by atoms with van der Waals surface area (Å²) in [5.41, 5.74) is 1.44. The molecule has 0 fully saturated rings. The Labute approximate surface area is 160 Å². The molecule has 0 spiro atoms. The lowest BCUT2D eigenvalue weighted by molar-refractivity contribution is -0.120. The van der Waals surface area contributed by atoms with E-state index in [1.54, 1.807) is 12.1 Å². The minimum absolute atomic E-state index is 0.0272. The molecule has 1 N–H and O–H groups in total. The van der Waals surface area contributed by atoms with Crippen LogP contribution < -0.4 is 9.62 Å².